The molecular formula is C11H16N4O. The number of hydrogen-bond acceptors (Lipinski definition) is 4. The fourth-order valence-electron chi connectivity index (χ4n) is 1.92. The second-order valence-electron chi connectivity index (χ2n) is 3.88. The number of carbonyl (C=O) groups is 1. The van der Waals surface area contributed by atoms with Crippen molar-refractivity contribution in [3.63, 3.8) is 0 Å². The van der Waals surface area contributed by atoms with Crippen molar-refractivity contribution in [2.24, 2.45) is 5.73 Å². The Morgan fingerprint density at radius 2 is 2.00 bits per heavy atom. The van der Waals surface area contributed by atoms with Crippen LogP contribution < -0.4 is 21.7 Å². The molecule has 1 aliphatic rings. The lowest BCUT2D eigenvalue weighted by atomic mass is 10.1. The summed E-state index contributed by atoms with van der Waals surface area (Å²) < 4.78 is 0. The maximum atomic E-state index is 11.3. The van der Waals surface area contributed by atoms with E-state index < -0.39 is 5.91 Å². The van der Waals surface area contributed by atoms with Gasteiger partial charge >= 0.3 is 0 Å². The summed E-state index contributed by atoms with van der Waals surface area (Å²) in [6.07, 6.45) is 0. The summed E-state index contributed by atoms with van der Waals surface area (Å²) >= 11 is 0. The third-order valence-electron chi connectivity index (χ3n) is 2.74. The number of nitrogens with one attached hydrogen (secondary N) is 1. The summed E-state index contributed by atoms with van der Waals surface area (Å²) in [5, 5.41) is 3.26. The highest BCUT2D eigenvalue weighted by Crippen LogP contribution is 2.23. The van der Waals surface area contributed by atoms with Crippen LogP contribution in [0.15, 0.2) is 18.2 Å². The first-order valence-electron chi connectivity index (χ1n) is 5.33. The van der Waals surface area contributed by atoms with Crippen LogP contribution in [-0.2, 0) is 0 Å². The number of hydrogen-bond donors (Lipinski definition) is 3. The third-order valence-corrected chi connectivity index (χ3v) is 2.74. The first-order chi connectivity index (χ1) is 7.68. The number of primary amides is 1. The molecule has 0 atom stereocenters. The lowest BCUT2D eigenvalue weighted by Gasteiger charge is -2.30. The van der Waals surface area contributed by atoms with Crippen molar-refractivity contribution >= 4 is 17.3 Å². The maximum absolute atomic E-state index is 11.3. The van der Waals surface area contributed by atoms with Gasteiger partial charge in [0.2, 0.25) is 0 Å². The topological polar surface area (TPSA) is 84.4 Å². The molecule has 1 aromatic rings. The van der Waals surface area contributed by atoms with Gasteiger partial charge in [-0.3, -0.25) is 4.79 Å². The van der Waals surface area contributed by atoms with Crippen LogP contribution in [0.2, 0.25) is 0 Å². The van der Waals surface area contributed by atoms with Crippen molar-refractivity contribution in [2.45, 2.75) is 0 Å². The van der Waals surface area contributed by atoms with Crippen molar-refractivity contribution < 1.29 is 4.79 Å². The number of nitrogen functional groups attached to an aromatic ring is 1. The molecule has 5 nitrogen and oxygen atoms in total. The van der Waals surface area contributed by atoms with E-state index in [9.17, 15) is 4.79 Å². The first kappa shape index (κ1) is 10.8. The fourth-order valence-corrected chi connectivity index (χ4v) is 1.92. The van der Waals surface area contributed by atoms with Gasteiger partial charge in [0.15, 0.2) is 0 Å². The van der Waals surface area contributed by atoms with Gasteiger partial charge in [-0.25, -0.2) is 0 Å². The molecule has 1 amide bonds. The number of piperazine rings is 1. The zero-order valence-corrected chi connectivity index (χ0v) is 9.07. The minimum absolute atomic E-state index is 0.409. The van der Waals surface area contributed by atoms with Gasteiger partial charge in [-0.2, -0.15) is 0 Å². The Morgan fingerprint density at radius 3 is 2.62 bits per heavy atom. The second kappa shape index (κ2) is 4.40. The molecule has 1 fully saturated rings. The molecule has 1 heterocycles. The molecule has 16 heavy (non-hydrogen) atoms. The van der Waals surface area contributed by atoms with E-state index in [1.807, 2.05) is 6.07 Å². The zero-order valence-electron chi connectivity index (χ0n) is 9.07. The predicted octanol–water partition coefficient (Wildman–Crippen LogP) is -0.223. The Morgan fingerprint density at radius 1 is 1.31 bits per heavy atom. The Hall–Kier alpha value is -1.75. The smallest absolute Gasteiger partial charge is 0.250 e. The van der Waals surface area contributed by atoms with Gasteiger partial charge in [0.05, 0.1) is 11.3 Å². The molecule has 1 aromatic carbocycles. The largest absolute Gasteiger partial charge is 0.399 e. The summed E-state index contributed by atoms with van der Waals surface area (Å²) in [5.74, 6) is -0.409. The monoisotopic (exact) mass is 220 g/mol. The molecule has 0 bridgehead atoms. The normalized spacial score (nSPS) is 16.1. The first-order valence-corrected chi connectivity index (χ1v) is 5.33. The van der Waals surface area contributed by atoms with E-state index in [1.165, 1.54) is 0 Å². The van der Waals surface area contributed by atoms with Crippen LogP contribution in [0.1, 0.15) is 10.4 Å². The minimum atomic E-state index is -0.409. The van der Waals surface area contributed by atoms with Crippen LogP contribution >= 0.6 is 0 Å². The highest BCUT2D eigenvalue weighted by molar-refractivity contribution is 5.99. The second-order valence-corrected chi connectivity index (χ2v) is 3.88. The standard InChI is InChI=1S/C11H16N4O/c12-8-1-2-9(11(13)16)10(7-8)15-5-3-14-4-6-15/h1-2,7,14H,3-6,12H2,(H2,13,16). The van der Waals surface area contributed by atoms with Crippen LogP contribution in [0.3, 0.4) is 0 Å². The average Bonchev–Trinajstić information content (AvgIpc) is 2.29. The Kier molecular flexibility index (Phi) is 2.96. The molecule has 0 spiro atoms. The average molecular weight is 220 g/mol. The minimum Gasteiger partial charge on any atom is -0.399 e. The molecule has 86 valence electrons. The van der Waals surface area contributed by atoms with Crippen molar-refractivity contribution in [1.29, 1.82) is 0 Å². The highest BCUT2D eigenvalue weighted by Gasteiger charge is 2.16. The molecule has 5 N–H and O–H groups in total. The van der Waals surface area contributed by atoms with Gasteiger partial charge < -0.3 is 21.7 Å². The fraction of sp³-hybridized carbons (Fsp3) is 0.364. The number of rotatable bonds is 2. The van der Waals surface area contributed by atoms with E-state index in [0.717, 1.165) is 31.9 Å². The van der Waals surface area contributed by atoms with Crippen LogP contribution in [0.5, 0.6) is 0 Å². The summed E-state index contributed by atoms with van der Waals surface area (Å²) in [7, 11) is 0. The Labute approximate surface area is 94.4 Å². The molecule has 2 rings (SSSR count). The van der Waals surface area contributed by atoms with Crippen LogP contribution in [0, 0.1) is 0 Å². The van der Waals surface area contributed by atoms with E-state index in [-0.39, 0.29) is 0 Å². The number of nitrogens with zero attached hydrogens (tertiary/aromatic N) is 1. The number of amides is 1. The quantitative estimate of drug-likeness (QED) is 0.601. The summed E-state index contributed by atoms with van der Waals surface area (Å²) in [4.78, 5) is 13.4. The van der Waals surface area contributed by atoms with Gasteiger partial charge in [-0.15, -0.1) is 0 Å². The zero-order chi connectivity index (χ0) is 11.5. The molecule has 0 saturated carbocycles. The number of carbonyl (C=O) groups excluding carboxylic acids is 1. The Bertz CT molecular complexity index is 399. The van der Waals surface area contributed by atoms with Gasteiger partial charge in [0, 0.05) is 31.9 Å². The van der Waals surface area contributed by atoms with E-state index in [1.54, 1.807) is 12.1 Å². The van der Waals surface area contributed by atoms with Gasteiger partial charge in [0.1, 0.15) is 0 Å². The predicted molar refractivity (Wildman–Crippen MR) is 64.5 cm³/mol. The summed E-state index contributed by atoms with van der Waals surface area (Å²) in [6, 6.07) is 5.20. The van der Waals surface area contributed by atoms with Crippen LogP contribution in [0.4, 0.5) is 11.4 Å². The Balaban J connectivity index is 2.36. The maximum Gasteiger partial charge on any atom is 0.250 e. The van der Waals surface area contributed by atoms with Gasteiger partial charge in [0.25, 0.3) is 5.91 Å². The molecule has 1 saturated heterocycles. The molecule has 0 radical (unpaired) electrons. The van der Waals surface area contributed by atoms with Gasteiger partial charge in [-0.05, 0) is 18.2 Å². The molecule has 0 aliphatic carbocycles. The highest BCUT2D eigenvalue weighted by atomic mass is 16.1. The molecule has 1 aliphatic heterocycles. The van der Waals surface area contributed by atoms with Crippen LogP contribution in [0.25, 0.3) is 0 Å². The molecular weight excluding hydrogens is 204 g/mol. The lowest BCUT2D eigenvalue weighted by Crippen LogP contribution is -2.44. The number of benzene rings is 1. The van der Waals surface area contributed by atoms with E-state index in [0.29, 0.717) is 11.3 Å². The van der Waals surface area contributed by atoms with Gasteiger partial charge in [-0.1, -0.05) is 0 Å². The molecule has 0 unspecified atom stereocenters. The van der Waals surface area contributed by atoms with Crippen molar-refractivity contribution in [1.82, 2.24) is 5.32 Å². The third kappa shape index (κ3) is 2.09. The van der Waals surface area contributed by atoms with E-state index in [4.69, 9.17) is 11.5 Å². The summed E-state index contributed by atoms with van der Waals surface area (Å²) in [5.41, 5.74) is 13.1. The SMILES string of the molecule is NC(=O)c1ccc(N)cc1N1CCNCC1. The lowest BCUT2D eigenvalue weighted by molar-refractivity contribution is 0.100. The van der Waals surface area contributed by atoms with Crippen molar-refractivity contribution in [3.05, 3.63) is 23.8 Å². The molecule has 5 heteroatoms. The molecule has 0 aromatic heterocycles. The summed E-state index contributed by atoms with van der Waals surface area (Å²) in [6.45, 7) is 3.55. The van der Waals surface area contributed by atoms with E-state index in [2.05, 4.69) is 10.2 Å². The van der Waals surface area contributed by atoms with E-state index >= 15 is 0 Å². The van der Waals surface area contributed by atoms with Crippen molar-refractivity contribution in [3.8, 4) is 0 Å². The van der Waals surface area contributed by atoms with Crippen LogP contribution in [-0.4, -0.2) is 32.1 Å². The number of nitrogens with two attached hydrogens (primary N) is 2. The number of anilines is 2. The van der Waals surface area contributed by atoms with Crippen molar-refractivity contribution in [2.75, 3.05) is 36.8 Å².